The molecule has 1 aliphatic heterocycles. The highest BCUT2D eigenvalue weighted by atomic mass is 19.4. The van der Waals surface area contributed by atoms with Crippen molar-refractivity contribution in [2.45, 2.75) is 12.2 Å². The normalized spacial score (nSPS) is 17.3. The van der Waals surface area contributed by atoms with Crippen molar-refractivity contribution in [3.63, 3.8) is 0 Å². The Balaban J connectivity index is 1.45. The molecule has 0 saturated carbocycles. The summed E-state index contributed by atoms with van der Waals surface area (Å²) in [5, 5.41) is 2.41. The van der Waals surface area contributed by atoms with Gasteiger partial charge in [0.05, 0.1) is 11.6 Å². The number of carbonyl (C=O) groups is 1. The predicted octanol–water partition coefficient (Wildman–Crippen LogP) is 3.56. The molecule has 4 heterocycles. The van der Waals surface area contributed by atoms with Crippen LogP contribution in [0.2, 0.25) is 0 Å². The summed E-state index contributed by atoms with van der Waals surface area (Å²) in [6, 6.07) is 8.30. The van der Waals surface area contributed by atoms with Crippen LogP contribution in [0.25, 0.3) is 16.8 Å². The summed E-state index contributed by atoms with van der Waals surface area (Å²) < 4.78 is 40.9. The fourth-order valence-electron chi connectivity index (χ4n) is 4.46. The van der Waals surface area contributed by atoms with E-state index >= 15 is 0 Å². The maximum atomic E-state index is 13.0. The number of hydrogen-bond acceptors (Lipinski definition) is 7. The molecule has 0 aliphatic carbocycles. The monoisotopic (exact) mass is 510 g/mol. The third-order valence-electron chi connectivity index (χ3n) is 6.51. The Morgan fingerprint density at radius 2 is 1.84 bits per heavy atom. The van der Waals surface area contributed by atoms with E-state index in [0.29, 0.717) is 17.0 Å². The van der Waals surface area contributed by atoms with Gasteiger partial charge >= 0.3 is 6.18 Å². The SMILES string of the molecule is CN1CCN(C)[C@@H](c2nc(-c3ccc(C(=O)Nc4cc(C(F)(F)F)ccn4)cc3)c3c(N)nccn23)C1. The summed E-state index contributed by atoms with van der Waals surface area (Å²) in [6.07, 6.45) is -0.0549. The van der Waals surface area contributed by atoms with Gasteiger partial charge in [-0.25, -0.2) is 15.0 Å². The minimum atomic E-state index is -4.53. The van der Waals surface area contributed by atoms with Gasteiger partial charge in [-0.3, -0.25) is 14.1 Å². The number of pyridine rings is 1. The Kier molecular flexibility index (Phi) is 6.30. The second kappa shape index (κ2) is 9.45. The van der Waals surface area contributed by atoms with E-state index in [1.807, 2.05) is 10.6 Å². The largest absolute Gasteiger partial charge is 0.416 e. The molecule has 1 amide bonds. The van der Waals surface area contributed by atoms with Gasteiger partial charge in [0, 0.05) is 49.4 Å². The van der Waals surface area contributed by atoms with Crippen molar-refractivity contribution in [3.05, 3.63) is 71.9 Å². The Hall–Kier alpha value is -4.03. The van der Waals surface area contributed by atoms with Crippen molar-refractivity contribution < 1.29 is 18.0 Å². The van der Waals surface area contributed by atoms with Crippen LogP contribution in [0, 0.1) is 0 Å². The van der Waals surface area contributed by atoms with E-state index in [4.69, 9.17) is 10.7 Å². The molecule has 0 radical (unpaired) electrons. The number of aromatic nitrogens is 4. The van der Waals surface area contributed by atoms with E-state index < -0.39 is 17.6 Å². The lowest BCUT2D eigenvalue weighted by atomic mass is 10.1. The van der Waals surface area contributed by atoms with E-state index in [0.717, 1.165) is 49.4 Å². The lowest BCUT2D eigenvalue weighted by Crippen LogP contribution is -2.45. The maximum absolute atomic E-state index is 13.0. The topological polar surface area (TPSA) is 105 Å². The van der Waals surface area contributed by atoms with Crippen molar-refractivity contribution >= 4 is 23.1 Å². The number of rotatable bonds is 4. The first kappa shape index (κ1) is 24.7. The molecule has 4 aromatic rings. The van der Waals surface area contributed by atoms with Crippen LogP contribution in [0.5, 0.6) is 0 Å². The highest BCUT2D eigenvalue weighted by Gasteiger charge is 2.31. The number of imidazole rings is 1. The van der Waals surface area contributed by atoms with Gasteiger partial charge < -0.3 is 16.0 Å². The number of nitrogens with two attached hydrogens (primary N) is 1. The lowest BCUT2D eigenvalue weighted by molar-refractivity contribution is -0.137. The molecule has 1 aromatic carbocycles. The van der Waals surface area contributed by atoms with Gasteiger partial charge in [0.15, 0.2) is 0 Å². The van der Waals surface area contributed by atoms with E-state index in [2.05, 4.69) is 39.2 Å². The van der Waals surface area contributed by atoms with Gasteiger partial charge in [0.2, 0.25) is 0 Å². The van der Waals surface area contributed by atoms with Crippen molar-refractivity contribution in [3.8, 4) is 11.3 Å². The number of likely N-dealkylation sites (N-methyl/N-ethyl adjacent to an activating group) is 2. The summed E-state index contributed by atoms with van der Waals surface area (Å²) in [5.41, 5.74) is 7.65. The number of piperazine rings is 1. The van der Waals surface area contributed by atoms with E-state index in [9.17, 15) is 18.0 Å². The minimum absolute atomic E-state index is 0.0480. The highest BCUT2D eigenvalue weighted by molar-refractivity contribution is 6.04. The smallest absolute Gasteiger partial charge is 0.382 e. The molecule has 12 heteroatoms. The van der Waals surface area contributed by atoms with Crippen LogP contribution in [0.3, 0.4) is 0 Å². The molecule has 1 fully saturated rings. The van der Waals surface area contributed by atoms with Gasteiger partial charge in [0.1, 0.15) is 28.7 Å². The van der Waals surface area contributed by atoms with Gasteiger partial charge in [0.25, 0.3) is 5.91 Å². The molecular weight excluding hydrogens is 485 g/mol. The van der Waals surface area contributed by atoms with Gasteiger partial charge in [-0.2, -0.15) is 13.2 Å². The number of hydrogen-bond donors (Lipinski definition) is 2. The first-order valence-corrected chi connectivity index (χ1v) is 11.6. The van der Waals surface area contributed by atoms with Crippen LogP contribution in [-0.4, -0.2) is 68.8 Å². The van der Waals surface area contributed by atoms with Crippen molar-refractivity contribution in [2.75, 3.05) is 44.8 Å². The number of benzene rings is 1. The quantitative estimate of drug-likeness (QED) is 0.433. The second-order valence-electron chi connectivity index (χ2n) is 9.07. The zero-order valence-corrected chi connectivity index (χ0v) is 20.2. The molecule has 1 aliphatic rings. The molecule has 1 atom stereocenters. The van der Waals surface area contributed by atoms with E-state index in [1.165, 1.54) is 0 Å². The summed E-state index contributed by atoms with van der Waals surface area (Å²) >= 11 is 0. The van der Waals surface area contributed by atoms with E-state index in [1.54, 1.807) is 30.5 Å². The molecule has 5 rings (SSSR count). The Morgan fingerprint density at radius 3 is 2.57 bits per heavy atom. The Morgan fingerprint density at radius 1 is 1.08 bits per heavy atom. The van der Waals surface area contributed by atoms with Crippen LogP contribution in [0.15, 0.2) is 55.0 Å². The zero-order valence-electron chi connectivity index (χ0n) is 20.2. The standard InChI is InChI=1S/C25H25F3N8O/c1-34-11-12-35(2)18(14-34)23-33-20(21-22(29)31-9-10-36(21)23)15-3-5-16(6-4-15)24(37)32-19-13-17(7-8-30-19)25(26,27)28/h3-10,13,18H,11-12,14H2,1-2H3,(H2,29,31)(H,30,32,37)/t18-/m1/s1. The highest BCUT2D eigenvalue weighted by Crippen LogP contribution is 2.33. The zero-order chi connectivity index (χ0) is 26.3. The first-order chi connectivity index (χ1) is 17.6. The minimum Gasteiger partial charge on any atom is -0.382 e. The van der Waals surface area contributed by atoms with Crippen molar-refractivity contribution in [1.82, 2.24) is 29.2 Å². The summed E-state index contributed by atoms with van der Waals surface area (Å²) in [5.74, 6) is 0.405. The number of nitrogens with zero attached hydrogens (tertiary/aromatic N) is 6. The fourth-order valence-corrected chi connectivity index (χ4v) is 4.46. The number of halogens is 3. The summed E-state index contributed by atoms with van der Waals surface area (Å²) in [7, 11) is 4.14. The number of alkyl halides is 3. The Bertz CT molecular complexity index is 1450. The van der Waals surface area contributed by atoms with Crippen LogP contribution in [0.1, 0.15) is 27.8 Å². The number of fused-ring (bicyclic) bond motifs is 1. The molecule has 3 aromatic heterocycles. The maximum Gasteiger partial charge on any atom is 0.416 e. The first-order valence-electron chi connectivity index (χ1n) is 11.6. The van der Waals surface area contributed by atoms with Crippen molar-refractivity contribution in [2.24, 2.45) is 0 Å². The molecule has 0 spiro atoms. The summed E-state index contributed by atoms with van der Waals surface area (Å²) in [4.78, 5) is 30.2. The average molecular weight is 511 g/mol. The summed E-state index contributed by atoms with van der Waals surface area (Å²) in [6.45, 7) is 2.67. The molecule has 1 saturated heterocycles. The van der Waals surface area contributed by atoms with Crippen LogP contribution < -0.4 is 11.1 Å². The fraction of sp³-hybridized carbons (Fsp3) is 0.280. The third kappa shape index (κ3) is 4.85. The van der Waals surface area contributed by atoms with Gasteiger partial charge in [-0.05, 0) is 38.4 Å². The Labute approximate surface area is 210 Å². The molecular formula is C25H25F3N8O. The van der Waals surface area contributed by atoms with E-state index in [-0.39, 0.29) is 17.4 Å². The lowest BCUT2D eigenvalue weighted by Gasteiger charge is -2.36. The molecule has 0 bridgehead atoms. The number of nitrogens with one attached hydrogen (secondary N) is 1. The molecule has 192 valence electrons. The second-order valence-corrected chi connectivity index (χ2v) is 9.07. The number of nitrogen functional groups attached to an aromatic ring is 1. The molecule has 0 unspecified atom stereocenters. The third-order valence-corrected chi connectivity index (χ3v) is 6.51. The number of carbonyl (C=O) groups excluding carboxylic acids is 1. The van der Waals surface area contributed by atoms with Crippen LogP contribution in [-0.2, 0) is 6.18 Å². The van der Waals surface area contributed by atoms with Crippen LogP contribution >= 0.6 is 0 Å². The van der Waals surface area contributed by atoms with Gasteiger partial charge in [-0.1, -0.05) is 12.1 Å². The van der Waals surface area contributed by atoms with Gasteiger partial charge in [-0.15, -0.1) is 0 Å². The number of anilines is 2. The molecule has 37 heavy (non-hydrogen) atoms. The van der Waals surface area contributed by atoms with Crippen LogP contribution in [0.4, 0.5) is 24.8 Å². The predicted molar refractivity (Wildman–Crippen MR) is 133 cm³/mol. The average Bonchev–Trinajstić information content (AvgIpc) is 3.26. The number of amides is 1. The molecule has 9 nitrogen and oxygen atoms in total. The molecule has 3 N–H and O–H groups in total. The van der Waals surface area contributed by atoms with Crippen molar-refractivity contribution in [1.29, 1.82) is 0 Å².